The van der Waals surface area contributed by atoms with Gasteiger partial charge in [0.05, 0.1) is 13.2 Å². The summed E-state index contributed by atoms with van der Waals surface area (Å²) in [6.45, 7) is 4.31. The number of amides is 1. The van der Waals surface area contributed by atoms with Crippen molar-refractivity contribution in [2.24, 2.45) is 0 Å². The van der Waals surface area contributed by atoms with E-state index in [-0.39, 0.29) is 17.0 Å². The van der Waals surface area contributed by atoms with Gasteiger partial charge >= 0.3 is 0 Å². The van der Waals surface area contributed by atoms with Crippen LogP contribution in [-0.2, 0) is 10.3 Å². The normalized spacial score (nSPS) is 20.1. The fourth-order valence-corrected chi connectivity index (χ4v) is 4.42. The highest BCUT2D eigenvalue weighted by Gasteiger charge is 2.42. The second-order valence-electron chi connectivity index (χ2n) is 7.42. The molecular weight excluding hydrogens is 362 g/mol. The molecule has 2 aliphatic heterocycles. The number of halogens is 2. The average Bonchev–Trinajstić information content (AvgIpc) is 2.76. The van der Waals surface area contributed by atoms with Crippen molar-refractivity contribution in [1.82, 2.24) is 9.80 Å². The molecule has 0 spiro atoms. The van der Waals surface area contributed by atoms with Gasteiger partial charge in [-0.05, 0) is 36.6 Å². The summed E-state index contributed by atoms with van der Waals surface area (Å²) in [5.41, 5.74) is 1.32. The first-order valence-electron chi connectivity index (χ1n) is 9.73. The number of nitrogens with zero attached hydrogens (tertiary/aromatic N) is 2. The predicted molar refractivity (Wildman–Crippen MR) is 102 cm³/mol. The zero-order valence-corrected chi connectivity index (χ0v) is 15.7. The molecule has 2 aliphatic rings. The topological polar surface area (TPSA) is 32.8 Å². The van der Waals surface area contributed by atoms with Crippen molar-refractivity contribution < 1.29 is 18.3 Å². The molecule has 4 rings (SSSR count). The lowest BCUT2D eigenvalue weighted by Crippen LogP contribution is -2.57. The van der Waals surface area contributed by atoms with Gasteiger partial charge in [0.25, 0.3) is 5.91 Å². The van der Waals surface area contributed by atoms with Crippen LogP contribution in [-0.4, -0.2) is 55.1 Å². The average molecular weight is 386 g/mol. The second-order valence-corrected chi connectivity index (χ2v) is 7.42. The Balaban J connectivity index is 1.55. The molecule has 6 heteroatoms. The third-order valence-electron chi connectivity index (χ3n) is 5.97. The first-order chi connectivity index (χ1) is 13.6. The van der Waals surface area contributed by atoms with Crippen LogP contribution in [0.2, 0.25) is 0 Å². The van der Waals surface area contributed by atoms with Crippen LogP contribution in [0.4, 0.5) is 8.78 Å². The summed E-state index contributed by atoms with van der Waals surface area (Å²) in [6, 6.07) is 13.8. The van der Waals surface area contributed by atoms with Gasteiger partial charge in [-0.1, -0.05) is 30.3 Å². The fraction of sp³-hybridized carbons (Fsp3) is 0.409. The Morgan fingerprint density at radius 1 is 0.893 bits per heavy atom. The largest absolute Gasteiger partial charge is 0.379 e. The number of carbonyl (C=O) groups excluding carboxylic acids is 1. The third kappa shape index (κ3) is 3.54. The zero-order chi connectivity index (χ0) is 19.6. The standard InChI is InChI=1S/C22H24F2N2O2/c23-19-7-6-17(16-20(19)24)21(27)25-10-8-22(9-11-25,18-4-2-1-3-5-18)26-12-14-28-15-13-26/h1-7,16H,8-15H2. The molecule has 2 aromatic carbocycles. The molecule has 0 radical (unpaired) electrons. The maximum absolute atomic E-state index is 13.5. The zero-order valence-electron chi connectivity index (χ0n) is 15.7. The lowest BCUT2D eigenvalue weighted by molar-refractivity contribution is -0.0482. The molecule has 2 aromatic rings. The van der Waals surface area contributed by atoms with Crippen LogP contribution in [0.15, 0.2) is 48.5 Å². The van der Waals surface area contributed by atoms with E-state index in [1.165, 1.54) is 11.6 Å². The van der Waals surface area contributed by atoms with Crippen molar-refractivity contribution >= 4 is 5.91 Å². The third-order valence-corrected chi connectivity index (χ3v) is 5.97. The molecule has 148 valence electrons. The number of ether oxygens (including phenoxy) is 1. The predicted octanol–water partition coefficient (Wildman–Crippen LogP) is 3.43. The number of piperidine rings is 1. The Morgan fingerprint density at radius 2 is 1.57 bits per heavy atom. The van der Waals surface area contributed by atoms with Crippen LogP contribution in [0.25, 0.3) is 0 Å². The Morgan fingerprint density at radius 3 is 2.21 bits per heavy atom. The summed E-state index contributed by atoms with van der Waals surface area (Å²) >= 11 is 0. The molecule has 0 unspecified atom stereocenters. The molecule has 1 amide bonds. The molecule has 0 atom stereocenters. The minimum atomic E-state index is -0.991. The minimum Gasteiger partial charge on any atom is -0.379 e. The summed E-state index contributed by atoms with van der Waals surface area (Å²) in [5, 5.41) is 0. The Labute approximate surface area is 163 Å². The Kier molecular flexibility index (Phi) is 5.42. The first-order valence-corrected chi connectivity index (χ1v) is 9.73. The summed E-state index contributed by atoms with van der Waals surface area (Å²) in [7, 11) is 0. The van der Waals surface area contributed by atoms with Gasteiger partial charge in [-0.15, -0.1) is 0 Å². The lowest BCUT2D eigenvalue weighted by Gasteiger charge is -2.50. The van der Waals surface area contributed by atoms with Crippen molar-refractivity contribution in [3.05, 3.63) is 71.3 Å². The molecule has 0 aromatic heterocycles. The monoisotopic (exact) mass is 386 g/mol. The summed E-state index contributed by atoms with van der Waals surface area (Å²) < 4.78 is 32.3. The van der Waals surface area contributed by atoms with E-state index in [0.29, 0.717) is 26.3 Å². The highest BCUT2D eigenvalue weighted by Crippen LogP contribution is 2.39. The fourth-order valence-electron chi connectivity index (χ4n) is 4.42. The number of carbonyl (C=O) groups is 1. The van der Waals surface area contributed by atoms with Crippen LogP contribution >= 0.6 is 0 Å². The van der Waals surface area contributed by atoms with Crippen LogP contribution < -0.4 is 0 Å². The number of hydrogen-bond acceptors (Lipinski definition) is 3. The van der Waals surface area contributed by atoms with Gasteiger partial charge in [-0.3, -0.25) is 9.69 Å². The first kappa shape index (κ1) is 19.0. The van der Waals surface area contributed by atoms with Crippen molar-refractivity contribution in [3.8, 4) is 0 Å². The number of benzene rings is 2. The Hall–Kier alpha value is -2.31. The number of rotatable bonds is 3. The van der Waals surface area contributed by atoms with E-state index in [0.717, 1.165) is 38.1 Å². The van der Waals surface area contributed by atoms with Crippen molar-refractivity contribution in [2.45, 2.75) is 18.4 Å². The number of morpholine rings is 1. The van der Waals surface area contributed by atoms with Crippen LogP contribution in [0.5, 0.6) is 0 Å². The molecule has 0 bridgehead atoms. The number of likely N-dealkylation sites (tertiary alicyclic amines) is 1. The van der Waals surface area contributed by atoms with Gasteiger partial charge in [0.15, 0.2) is 11.6 Å². The maximum atomic E-state index is 13.5. The molecule has 0 saturated carbocycles. The van der Waals surface area contributed by atoms with E-state index in [2.05, 4.69) is 29.2 Å². The van der Waals surface area contributed by atoms with E-state index in [1.54, 1.807) is 4.90 Å². The van der Waals surface area contributed by atoms with E-state index < -0.39 is 11.6 Å². The second kappa shape index (κ2) is 7.97. The molecular formula is C22H24F2N2O2. The highest BCUT2D eigenvalue weighted by atomic mass is 19.2. The van der Waals surface area contributed by atoms with Crippen molar-refractivity contribution in [2.75, 3.05) is 39.4 Å². The molecule has 2 saturated heterocycles. The van der Waals surface area contributed by atoms with E-state index in [1.807, 2.05) is 6.07 Å². The van der Waals surface area contributed by atoms with Crippen LogP contribution in [0.3, 0.4) is 0 Å². The minimum absolute atomic E-state index is 0.129. The van der Waals surface area contributed by atoms with Gasteiger partial charge in [0, 0.05) is 37.3 Å². The van der Waals surface area contributed by atoms with Crippen molar-refractivity contribution in [3.63, 3.8) is 0 Å². The van der Waals surface area contributed by atoms with Crippen LogP contribution in [0.1, 0.15) is 28.8 Å². The highest BCUT2D eigenvalue weighted by molar-refractivity contribution is 5.94. The molecule has 28 heavy (non-hydrogen) atoms. The van der Waals surface area contributed by atoms with E-state index in [9.17, 15) is 13.6 Å². The van der Waals surface area contributed by atoms with Crippen LogP contribution in [0, 0.1) is 11.6 Å². The van der Waals surface area contributed by atoms with Gasteiger partial charge < -0.3 is 9.64 Å². The Bertz CT molecular complexity index is 830. The van der Waals surface area contributed by atoms with Gasteiger partial charge in [0.2, 0.25) is 0 Å². The smallest absolute Gasteiger partial charge is 0.253 e. The summed E-state index contributed by atoms with van der Waals surface area (Å²) in [5.74, 6) is -2.18. The van der Waals surface area contributed by atoms with E-state index in [4.69, 9.17) is 4.74 Å². The van der Waals surface area contributed by atoms with E-state index >= 15 is 0 Å². The van der Waals surface area contributed by atoms with Gasteiger partial charge in [0.1, 0.15) is 0 Å². The summed E-state index contributed by atoms with van der Waals surface area (Å²) in [6.07, 6.45) is 1.60. The van der Waals surface area contributed by atoms with Gasteiger partial charge in [-0.2, -0.15) is 0 Å². The summed E-state index contributed by atoms with van der Waals surface area (Å²) in [4.78, 5) is 17.0. The van der Waals surface area contributed by atoms with Gasteiger partial charge in [-0.25, -0.2) is 8.78 Å². The SMILES string of the molecule is O=C(c1ccc(F)c(F)c1)N1CCC(c2ccccc2)(N2CCOCC2)CC1. The quantitative estimate of drug-likeness (QED) is 0.810. The van der Waals surface area contributed by atoms with Crippen molar-refractivity contribution in [1.29, 1.82) is 0 Å². The molecule has 0 aliphatic carbocycles. The number of hydrogen-bond donors (Lipinski definition) is 0. The molecule has 0 N–H and O–H groups in total. The lowest BCUT2D eigenvalue weighted by atomic mass is 9.79. The maximum Gasteiger partial charge on any atom is 0.253 e. The molecule has 2 fully saturated rings. The molecule has 2 heterocycles. The molecule has 4 nitrogen and oxygen atoms in total.